The first-order chi connectivity index (χ1) is 16.8. The van der Waals surface area contributed by atoms with Crippen molar-refractivity contribution in [3.8, 4) is 0 Å². The van der Waals surface area contributed by atoms with Crippen molar-refractivity contribution in [1.82, 2.24) is 9.21 Å². The van der Waals surface area contributed by atoms with Gasteiger partial charge in [0.1, 0.15) is 5.82 Å². The van der Waals surface area contributed by atoms with Gasteiger partial charge in [-0.2, -0.15) is 4.31 Å². The highest BCUT2D eigenvalue weighted by atomic mass is 32.2. The highest BCUT2D eigenvalue weighted by molar-refractivity contribution is 7.89. The van der Waals surface area contributed by atoms with Gasteiger partial charge in [0.25, 0.3) is 5.91 Å². The zero-order valence-electron chi connectivity index (χ0n) is 18.9. The number of anilines is 2. The number of para-hydroxylation sites is 2. The van der Waals surface area contributed by atoms with Gasteiger partial charge in [-0.05, 0) is 42.5 Å². The molecule has 4 rings (SSSR count). The Bertz CT molecular complexity index is 1310. The van der Waals surface area contributed by atoms with Gasteiger partial charge in [0, 0.05) is 31.9 Å². The Kier molecular flexibility index (Phi) is 7.54. The lowest BCUT2D eigenvalue weighted by Gasteiger charge is -2.33. The third-order valence-corrected chi connectivity index (χ3v) is 7.50. The molecular formula is C25H25FN4O4S. The fourth-order valence-electron chi connectivity index (χ4n) is 3.81. The largest absolute Gasteiger partial charge is 0.324 e. The summed E-state index contributed by atoms with van der Waals surface area (Å²) in [7, 11) is -3.80. The van der Waals surface area contributed by atoms with Gasteiger partial charge >= 0.3 is 0 Å². The number of nitrogens with zero attached hydrogens (tertiary/aromatic N) is 2. The van der Waals surface area contributed by atoms with E-state index in [0.29, 0.717) is 30.0 Å². The topological polar surface area (TPSA) is 98.8 Å². The van der Waals surface area contributed by atoms with Crippen molar-refractivity contribution in [2.45, 2.75) is 4.90 Å². The highest BCUT2D eigenvalue weighted by Gasteiger charge is 2.29. The van der Waals surface area contributed by atoms with E-state index in [9.17, 15) is 22.4 Å². The molecule has 1 fully saturated rings. The average Bonchev–Trinajstić information content (AvgIpc) is 2.85. The molecule has 3 aromatic carbocycles. The van der Waals surface area contributed by atoms with Crippen molar-refractivity contribution in [2.75, 3.05) is 43.4 Å². The number of carbonyl (C=O) groups excluding carboxylic acids is 2. The second-order valence-electron chi connectivity index (χ2n) is 8.05. The van der Waals surface area contributed by atoms with E-state index in [2.05, 4.69) is 10.6 Å². The SMILES string of the molecule is O=C(CN1CCN(S(=O)(=O)c2cccc(F)c2)CC1)Nc1ccccc1C(=O)Nc1ccccc1. The number of hydrogen-bond donors (Lipinski definition) is 2. The maximum absolute atomic E-state index is 13.5. The fraction of sp³-hybridized carbons (Fsp3) is 0.200. The molecule has 0 unspecified atom stereocenters. The maximum Gasteiger partial charge on any atom is 0.257 e. The van der Waals surface area contributed by atoms with Gasteiger partial charge in [0.2, 0.25) is 15.9 Å². The lowest BCUT2D eigenvalue weighted by molar-refractivity contribution is -0.117. The van der Waals surface area contributed by atoms with Gasteiger partial charge in [-0.25, -0.2) is 12.8 Å². The predicted molar refractivity (Wildman–Crippen MR) is 131 cm³/mol. The van der Waals surface area contributed by atoms with Crippen LogP contribution in [0.15, 0.2) is 83.8 Å². The molecule has 0 radical (unpaired) electrons. The van der Waals surface area contributed by atoms with E-state index in [0.717, 1.165) is 6.07 Å². The molecule has 1 aliphatic heterocycles. The summed E-state index contributed by atoms with van der Waals surface area (Å²) in [4.78, 5) is 27.2. The summed E-state index contributed by atoms with van der Waals surface area (Å²) in [5, 5.41) is 5.59. The molecular weight excluding hydrogens is 471 g/mol. The van der Waals surface area contributed by atoms with Crippen molar-refractivity contribution in [2.24, 2.45) is 0 Å². The van der Waals surface area contributed by atoms with Gasteiger partial charge in [0.15, 0.2) is 0 Å². The Balaban J connectivity index is 1.34. The molecule has 0 aliphatic carbocycles. The Labute approximate surface area is 203 Å². The van der Waals surface area contributed by atoms with E-state index < -0.39 is 15.8 Å². The van der Waals surface area contributed by atoms with Crippen LogP contribution < -0.4 is 10.6 Å². The Morgan fingerprint density at radius 1 is 0.829 bits per heavy atom. The van der Waals surface area contributed by atoms with Crippen LogP contribution in [0.3, 0.4) is 0 Å². The third kappa shape index (κ3) is 6.10. The molecule has 1 aliphatic rings. The van der Waals surface area contributed by atoms with E-state index in [4.69, 9.17) is 0 Å². The summed E-state index contributed by atoms with van der Waals surface area (Å²) in [5.41, 5.74) is 1.36. The quantitative estimate of drug-likeness (QED) is 0.524. The van der Waals surface area contributed by atoms with Crippen molar-refractivity contribution in [1.29, 1.82) is 0 Å². The second-order valence-corrected chi connectivity index (χ2v) is 9.99. The molecule has 10 heteroatoms. The Morgan fingerprint density at radius 3 is 2.23 bits per heavy atom. The molecule has 2 N–H and O–H groups in total. The van der Waals surface area contributed by atoms with Crippen molar-refractivity contribution < 1.29 is 22.4 Å². The third-order valence-electron chi connectivity index (χ3n) is 5.61. The van der Waals surface area contributed by atoms with Crippen LogP contribution in [0.1, 0.15) is 10.4 Å². The number of nitrogens with one attached hydrogen (secondary N) is 2. The minimum atomic E-state index is -3.80. The number of benzene rings is 3. The van der Waals surface area contributed by atoms with Gasteiger partial charge < -0.3 is 10.6 Å². The molecule has 1 heterocycles. The molecule has 8 nitrogen and oxygen atoms in total. The van der Waals surface area contributed by atoms with E-state index in [1.165, 1.54) is 22.5 Å². The lowest BCUT2D eigenvalue weighted by Crippen LogP contribution is -2.50. The van der Waals surface area contributed by atoms with Crippen molar-refractivity contribution >= 4 is 33.2 Å². The van der Waals surface area contributed by atoms with Crippen LogP contribution in [0.4, 0.5) is 15.8 Å². The van der Waals surface area contributed by atoms with Gasteiger partial charge in [0.05, 0.1) is 22.7 Å². The Morgan fingerprint density at radius 2 is 1.51 bits per heavy atom. The normalized spacial score (nSPS) is 14.9. The summed E-state index contributed by atoms with van der Waals surface area (Å²) >= 11 is 0. The Hall–Kier alpha value is -3.60. The van der Waals surface area contributed by atoms with Crippen LogP contribution in [0.5, 0.6) is 0 Å². The molecule has 0 aromatic heterocycles. The van der Waals surface area contributed by atoms with Gasteiger partial charge in [-0.15, -0.1) is 0 Å². The minimum absolute atomic E-state index is 0.0441. The van der Waals surface area contributed by atoms with E-state index in [1.807, 2.05) is 23.1 Å². The minimum Gasteiger partial charge on any atom is -0.324 e. The van der Waals surface area contributed by atoms with E-state index in [1.54, 1.807) is 36.4 Å². The number of sulfonamides is 1. The summed E-state index contributed by atoms with van der Waals surface area (Å²) in [6, 6.07) is 20.7. The predicted octanol–water partition coefficient (Wildman–Crippen LogP) is 3.02. The molecule has 2 amide bonds. The second kappa shape index (κ2) is 10.8. The summed E-state index contributed by atoms with van der Waals surface area (Å²) in [5.74, 6) is -1.27. The first-order valence-corrected chi connectivity index (χ1v) is 12.5. The molecule has 0 bridgehead atoms. The van der Waals surface area contributed by atoms with Crippen LogP contribution in [0, 0.1) is 5.82 Å². The molecule has 3 aromatic rings. The number of hydrogen-bond acceptors (Lipinski definition) is 5. The summed E-state index contributed by atoms with van der Waals surface area (Å²) in [6.07, 6.45) is 0. The van der Waals surface area contributed by atoms with Crippen LogP contribution in [-0.4, -0.2) is 62.2 Å². The highest BCUT2D eigenvalue weighted by Crippen LogP contribution is 2.20. The van der Waals surface area contributed by atoms with Crippen LogP contribution in [0.2, 0.25) is 0 Å². The van der Waals surface area contributed by atoms with E-state index >= 15 is 0 Å². The summed E-state index contributed by atoms with van der Waals surface area (Å²) in [6.45, 7) is 1.10. The van der Waals surface area contributed by atoms with Crippen LogP contribution in [-0.2, 0) is 14.8 Å². The lowest BCUT2D eigenvalue weighted by atomic mass is 10.1. The standard InChI is InChI=1S/C25H25FN4O4S/c26-19-7-6-10-21(17-19)35(33,34)30-15-13-29(14-16-30)18-24(31)28-23-12-5-4-11-22(23)25(32)27-20-8-2-1-3-9-20/h1-12,17H,13-16,18H2,(H,27,32)(H,28,31). The number of rotatable bonds is 7. The van der Waals surface area contributed by atoms with Gasteiger partial charge in [-0.1, -0.05) is 36.4 Å². The first-order valence-electron chi connectivity index (χ1n) is 11.1. The zero-order chi connectivity index (χ0) is 24.8. The zero-order valence-corrected chi connectivity index (χ0v) is 19.7. The molecule has 35 heavy (non-hydrogen) atoms. The van der Waals surface area contributed by atoms with Crippen molar-refractivity contribution in [3.05, 3.63) is 90.2 Å². The van der Waals surface area contributed by atoms with Crippen LogP contribution in [0.25, 0.3) is 0 Å². The van der Waals surface area contributed by atoms with E-state index in [-0.39, 0.29) is 36.3 Å². The van der Waals surface area contributed by atoms with Gasteiger partial charge in [-0.3, -0.25) is 14.5 Å². The fourth-order valence-corrected chi connectivity index (χ4v) is 5.26. The number of piperazine rings is 1. The average molecular weight is 497 g/mol. The first kappa shape index (κ1) is 24.5. The van der Waals surface area contributed by atoms with Crippen molar-refractivity contribution in [3.63, 3.8) is 0 Å². The van der Waals surface area contributed by atoms with Crippen LogP contribution >= 0.6 is 0 Å². The summed E-state index contributed by atoms with van der Waals surface area (Å²) < 4.78 is 40.3. The molecule has 0 saturated carbocycles. The molecule has 0 atom stereocenters. The number of halogens is 1. The monoisotopic (exact) mass is 496 g/mol. The molecule has 1 saturated heterocycles. The number of amides is 2. The number of carbonyl (C=O) groups is 2. The smallest absolute Gasteiger partial charge is 0.257 e. The molecule has 182 valence electrons. The molecule has 0 spiro atoms. The maximum atomic E-state index is 13.5.